The molecule has 1 aliphatic rings. The Morgan fingerprint density at radius 1 is 1.45 bits per heavy atom. The van der Waals surface area contributed by atoms with Crippen molar-refractivity contribution in [2.24, 2.45) is 5.92 Å². The summed E-state index contributed by atoms with van der Waals surface area (Å²) in [6, 6.07) is 0. The van der Waals surface area contributed by atoms with Crippen LogP contribution in [0.2, 0.25) is 0 Å². The second kappa shape index (κ2) is 6.04. The molecule has 0 bridgehead atoms. The summed E-state index contributed by atoms with van der Waals surface area (Å²) in [6.07, 6.45) is 1.54. The SMILES string of the molecule is COCCc1nc(C(=O)O)c2n1CCC(C(=O)OC)C2. The van der Waals surface area contributed by atoms with Gasteiger partial charge in [-0.15, -0.1) is 0 Å². The molecular weight excluding hydrogens is 264 g/mol. The number of aromatic carboxylic acids is 1. The zero-order valence-corrected chi connectivity index (χ0v) is 11.6. The lowest BCUT2D eigenvalue weighted by Gasteiger charge is -2.23. The van der Waals surface area contributed by atoms with E-state index >= 15 is 0 Å². The normalized spacial score (nSPS) is 17.6. The first kappa shape index (κ1) is 14.5. The molecule has 2 rings (SSSR count). The van der Waals surface area contributed by atoms with Crippen molar-refractivity contribution in [2.75, 3.05) is 20.8 Å². The number of ether oxygens (including phenoxy) is 2. The number of nitrogens with zero attached hydrogens (tertiary/aromatic N) is 2. The number of esters is 1. The molecule has 1 aliphatic heterocycles. The number of carbonyl (C=O) groups is 2. The number of fused-ring (bicyclic) bond motifs is 1. The number of hydrogen-bond donors (Lipinski definition) is 1. The van der Waals surface area contributed by atoms with Crippen LogP contribution in [0.5, 0.6) is 0 Å². The summed E-state index contributed by atoms with van der Waals surface area (Å²) in [7, 11) is 2.93. The van der Waals surface area contributed by atoms with E-state index in [1.165, 1.54) is 7.11 Å². The van der Waals surface area contributed by atoms with Crippen LogP contribution in [0, 0.1) is 5.92 Å². The zero-order valence-electron chi connectivity index (χ0n) is 11.6. The summed E-state index contributed by atoms with van der Waals surface area (Å²) in [5, 5.41) is 9.24. The molecule has 7 heteroatoms. The molecule has 20 heavy (non-hydrogen) atoms. The van der Waals surface area contributed by atoms with Crippen molar-refractivity contribution in [1.29, 1.82) is 0 Å². The van der Waals surface area contributed by atoms with Crippen molar-refractivity contribution in [3.8, 4) is 0 Å². The number of carboxylic acid groups (broad SMARTS) is 1. The Morgan fingerprint density at radius 2 is 2.20 bits per heavy atom. The Bertz CT molecular complexity index is 523. The molecular formula is C13H18N2O5. The quantitative estimate of drug-likeness (QED) is 0.791. The van der Waals surface area contributed by atoms with Crippen molar-refractivity contribution in [3.05, 3.63) is 17.2 Å². The van der Waals surface area contributed by atoms with Crippen molar-refractivity contribution < 1.29 is 24.2 Å². The lowest BCUT2D eigenvalue weighted by atomic mass is 9.95. The van der Waals surface area contributed by atoms with Crippen LogP contribution < -0.4 is 0 Å². The molecule has 1 aromatic heterocycles. The Kier molecular flexibility index (Phi) is 4.39. The van der Waals surface area contributed by atoms with Gasteiger partial charge < -0.3 is 19.1 Å². The Hall–Kier alpha value is -1.89. The molecule has 1 atom stereocenters. The predicted octanol–water partition coefficient (Wildman–Crippen LogP) is 0.506. The molecule has 1 N–H and O–H groups in total. The van der Waals surface area contributed by atoms with Gasteiger partial charge in [-0.2, -0.15) is 0 Å². The topological polar surface area (TPSA) is 90.6 Å². The number of hydrogen-bond acceptors (Lipinski definition) is 5. The second-order valence-electron chi connectivity index (χ2n) is 4.74. The largest absolute Gasteiger partial charge is 0.476 e. The highest BCUT2D eigenvalue weighted by atomic mass is 16.5. The highest BCUT2D eigenvalue weighted by Gasteiger charge is 2.31. The highest BCUT2D eigenvalue weighted by molar-refractivity contribution is 5.87. The van der Waals surface area contributed by atoms with E-state index in [-0.39, 0.29) is 17.6 Å². The van der Waals surface area contributed by atoms with E-state index in [2.05, 4.69) is 4.98 Å². The standard InChI is InChI=1S/C13H18N2O5/c1-19-6-4-10-14-11(12(16)17)9-7-8(13(18)20-2)3-5-15(9)10/h8H,3-7H2,1-2H3,(H,16,17). The Balaban J connectivity index is 2.31. The van der Waals surface area contributed by atoms with Crippen LogP contribution in [0.25, 0.3) is 0 Å². The number of methoxy groups -OCH3 is 2. The third-order valence-corrected chi connectivity index (χ3v) is 3.56. The molecule has 1 aromatic rings. The summed E-state index contributed by atoms with van der Waals surface area (Å²) in [4.78, 5) is 27.1. The molecule has 0 saturated heterocycles. The Morgan fingerprint density at radius 3 is 2.80 bits per heavy atom. The minimum absolute atomic E-state index is 0.0321. The first-order chi connectivity index (χ1) is 9.58. The van der Waals surface area contributed by atoms with Crippen LogP contribution in [0.15, 0.2) is 0 Å². The molecule has 0 amide bonds. The first-order valence-electron chi connectivity index (χ1n) is 6.46. The van der Waals surface area contributed by atoms with Gasteiger partial charge in [-0.05, 0) is 6.42 Å². The van der Waals surface area contributed by atoms with Crippen molar-refractivity contribution in [2.45, 2.75) is 25.8 Å². The fourth-order valence-corrected chi connectivity index (χ4v) is 2.55. The Labute approximate surface area is 116 Å². The van der Waals surface area contributed by atoms with Crippen LogP contribution in [0.3, 0.4) is 0 Å². The number of rotatable bonds is 5. The maximum atomic E-state index is 11.6. The first-order valence-corrected chi connectivity index (χ1v) is 6.46. The van der Waals surface area contributed by atoms with Crippen LogP contribution in [0.1, 0.15) is 28.4 Å². The number of carboxylic acids is 1. The molecule has 7 nitrogen and oxygen atoms in total. The van der Waals surface area contributed by atoms with Crippen molar-refractivity contribution >= 4 is 11.9 Å². The van der Waals surface area contributed by atoms with Gasteiger partial charge in [0, 0.05) is 26.5 Å². The van der Waals surface area contributed by atoms with E-state index < -0.39 is 5.97 Å². The van der Waals surface area contributed by atoms with Gasteiger partial charge in [0.2, 0.25) is 0 Å². The van der Waals surface area contributed by atoms with E-state index in [1.54, 1.807) is 7.11 Å². The van der Waals surface area contributed by atoms with E-state index in [1.807, 2.05) is 4.57 Å². The lowest BCUT2D eigenvalue weighted by Crippen LogP contribution is -2.28. The van der Waals surface area contributed by atoms with E-state index in [0.29, 0.717) is 43.9 Å². The van der Waals surface area contributed by atoms with Gasteiger partial charge in [0.05, 0.1) is 25.3 Å². The number of imidazole rings is 1. The average Bonchev–Trinajstić information content (AvgIpc) is 2.82. The number of aromatic nitrogens is 2. The minimum atomic E-state index is -1.07. The third kappa shape index (κ3) is 2.67. The smallest absolute Gasteiger partial charge is 0.356 e. The summed E-state index contributed by atoms with van der Waals surface area (Å²) in [5.41, 5.74) is 0.634. The van der Waals surface area contributed by atoms with Crippen LogP contribution >= 0.6 is 0 Å². The van der Waals surface area contributed by atoms with E-state index in [4.69, 9.17) is 9.47 Å². The van der Waals surface area contributed by atoms with Crippen LogP contribution in [-0.2, 0) is 33.7 Å². The van der Waals surface area contributed by atoms with Gasteiger partial charge >= 0.3 is 11.9 Å². The third-order valence-electron chi connectivity index (χ3n) is 3.56. The van der Waals surface area contributed by atoms with E-state index in [0.717, 1.165) is 0 Å². The van der Waals surface area contributed by atoms with Crippen molar-refractivity contribution in [1.82, 2.24) is 9.55 Å². The van der Waals surface area contributed by atoms with Gasteiger partial charge in [-0.3, -0.25) is 4.79 Å². The van der Waals surface area contributed by atoms with E-state index in [9.17, 15) is 14.7 Å². The second-order valence-corrected chi connectivity index (χ2v) is 4.74. The van der Waals surface area contributed by atoms with Crippen molar-refractivity contribution in [3.63, 3.8) is 0 Å². The monoisotopic (exact) mass is 282 g/mol. The van der Waals surface area contributed by atoms with Gasteiger partial charge in [0.15, 0.2) is 5.69 Å². The molecule has 0 saturated carbocycles. The summed E-state index contributed by atoms with van der Waals surface area (Å²) >= 11 is 0. The van der Waals surface area contributed by atoms with Crippen LogP contribution in [0.4, 0.5) is 0 Å². The fraction of sp³-hybridized carbons (Fsp3) is 0.615. The molecule has 0 aromatic carbocycles. The van der Waals surface area contributed by atoms with Gasteiger partial charge in [-0.1, -0.05) is 0 Å². The number of carbonyl (C=O) groups excluding carboxylic acids is 1. The molecule has 2 heterocycles. The summed E-state index contributed by atoms with van der Waals surface area (Å²) in [6.45, 7) is 1.06. The molecule has 0 fully saturated rings. The average molecular weight is 282 g/mol. The van der Waals surface area contributed by atoms with Gasteiger partial charge in [0.25, 0.3) is 0 Å². The lowest BCUT2D eigenvalue weighted by molar-refractivity contribution is -0.146. The molecule has 1 unspecified atom stereocenters. The molecule has 0 radical (unpaired) electrons. The van der Waals surface area contributed by atoms with Gasteiger partial charge in [0.1, 0.15) is 5.82 Å². The summed E-state index contributed by atoms with van der Waals surface area (Å²) < 4.78 is 11.6. The molecule has 0 aliphatic carbocycles. The highest BCUT2D eigenvalue weighted by Crippen LogP contribution is 2.26. The minimum Gasteiger partial charge on any atom is -0.476 e. The van der Waals surface area contributed by atoms with Gasteiger partial charge in [-0.25, -0.2) is 9.78 Å². The maximum Gasteiger partial charge on any atom is 0.356 e. The fourth-order valence-electron chi connectivity index (χ4n) is 2.55. The van der Waals surface area contributed by atoms with Crippen LogP contribution in [-0.4, -0.2) is 47.4 Å². The molecule has 110 valence electrons. The maximum absolute atomic E-state index is 11.6. The zero-order chi connectivity index (χ0) is 14.7. The summed E-state index contributed by atoms with van der Waals surface area (Å²) in [5.74, 6) is -0.963. The predicted molar refractivity (Wildman–Crippen MR) is 68.6 cm³/mol. The molecule has 0 spiro atoms.